The molecule has 0 N–H and O–H groups in total. The minimum Gasteiger partial charge on any atom is -0.487 e. The smallest absolute Gasteiger partial charge is 0.126 e. The van der Waals surface area contributed by atoms with Crippen LogP contribution in [0.5, 0.6) is 5.75 Å². The van der Waals surface area contributed by atoms with Gasteiger partial charge >= 0.3 is 0 Å². The predicted molar refractivity (Wildman–Crippen MR) is 52.8 cm³/mol. The lowest BCUT2D eigenvalue weighted by molar-refractivity contribution is 0.0977. The first-order valence-electron chi connectivity index (χ1n) is 4.61. The Kier molecular flexibility index (Phi) is 1.83. The molecule has 0 saturated heterocycles. The summed E-state index contributed by atoms with van der Waals surface area (Å²) in [5.41, 5.74) is 2.20. The SMILES string of the molecule is Cc1cccc2c1OC(C)(C)C[C]2. The molecule has 0 unspecified atom stereocenters. The van der Waals surface area contributed by atoms with Crippen LogP contribution in [0.2, 0.25) is 0 Å². The van der Waals surface area contributed by atoms with Crippen LogP contribution in [0.25, 0.3) is 0 Å². The number of rotatable bonds is 0. The number of benzene rings is 1. The molecule has 0 aliphatic carbocycles. The number of fused-ring (bicyclic) bond motifs is 1. The monoisotopic (exact) mass is 174 g/mol. The molecule has 0 spiro atoms. The Balaban J connectivity index is 2.44. The van der Waals surface area contributed by atoms with Gasteiger partial charge in [0.25, 0.3) is 0 Å². The van der Waals surface area contributed by atoms with Crippen LogP contribution in [-0.4, -0.2) is 5.60 Å². The molecule has 1 aromatic carbocycles. The van der Waals surface area contributed by atoms with Crippen LogP contribution in [0.1, 0.15) is 31.4 Å². The average Bonchev–Trinajstić information content (AvgIpc) is 2.06. The lowest BCUT2D eigenvalue weighted by Crippen LogP contribution is -2.32. The van der Waals surface area contributed by atoms with Crippen molar-refractivity contribution in [3.05, 3.63) is 35.7 Å². The highest BCUT2D eigenvalue weighted by atomic mass is 16.5. The Hall–Kier alpha value is -0.980. The van der Waals surface area contributed by atoms with Gasteiger partial charge in [-0.15, -0.1) is 0 Å². The summed E-state index contributed by atoms with van der Waals surface area (Å²) in [7, 11) is 0. The van der Waals surface area contributed by atoms with Crippen molar-refractivity contribution in [1.82, 2.24) is 0 Å². The Morgan fingerprint density at radius 1 is 1.38 bits per heavy atom. The van der Waals surface area contributed by atoms with E-state index in [0.717, 1.165) is 17.7 Å². The Labute approximate surface area is 79.7 Å². The summed E-state index contributed by atoms with van der Waals surface area (Å²) < 4.78 is 5.89. The van der Waals surface area contributed by atoms with Crippen molar-refractivity contribution < 1.29 is 4.74 Å². The van der Waals surface area contributed by atoms with E-state index in [4.69, 9.17) is 4.74 Å². The molecule has 1 aliphatic heterocycles. The van der Waals surface area contributed by atoms with Crippen molar-refractivity contribution in [2.75, 3.05) is 0 Å². The molecule has 0 fully saturated rings. The number of hydrogen-bond donors (Lipinski definition) is 0. The summed E-state index contributed by atoms with van der Waals surface area (Å²) >= 11 is 0. The van der Waals surface area contributed by atoms with Gasteiger partial charge in [0.15, 0.2) is 0 Å². The highest BCUT2D eigenvalue weighted by Crippen LogP contribution is 2.36. The van der Waals surface area contributed by atoms with Gasteiger partial charge in [-0.3, -0.25) is 0 Å². The van der Waals surface area contributed by atoms with Crippen LogP contribution in [0.15, 0.2) is 18.2 Å². The first-order chi connectivity index (χ1) is 6.08. The molecule has 0 saturated carbocycles. The molecule has 0 bridgehead atoms. The number of aryl methyl sites for hydroxylation is 1. The molecule has 13 heavy (non-hydrogen) atoms. The van der Waals surface area contributed by atoms with Crippen molar-refractivity contribution in [3.63, 3.8) is 0 Å². The van der Waals surface area contributed by atoms with Crippen LogP contribution in [0.4, 0.5) is 0 Å². The molecule has 68 valence electrons. The zero-order valence-electron chi connectivity index (χ0n) is 8.35. The number of ether oxygens (including phenoxy) is 1. The van der Waals surface area contributed by atoms with Crippen LogP contribution in [0, 0.1) is 13.3 Å². The Morgan fingerprint density at radius 2 is 2.15 bits per heavy atom. The molecular weight excluding hydrogens is 160 g/mol. The van der Waals surface area contributed by atoms with Crippen LogP contribution >= 0.6 is 0 Å². The van der Waals surface area contributed by atoms with Crippen molar-refractivity contribution in [3.8, 4) is 5.75 Å². The van der Waals surface area contributed by atoms with Gasteiger partial charge in [0.1, 0.15) is 11.4 Å². The predicted octanol–water partition coefficient (Wildman–Crippen LogP) is 2.99. The first-order valence-corrected chi connectivity index (χ1v) is 4.61. The molecule has 1 heterocycles. The second-order valence-electron chi connectivity index (χ2n) is 4.17. The van der Waals surface area contributed by atoms with Gasteiger partial charge in [0.2, 0.25) is 0 Å². The highest BCUT2D eigenvalue weighted by Gasteiger charge is 2.27. The minimum atomic E-state index is -0.0981. The quantitative estimate of drug-likeness (QED) is 0.587. The Bertz CT molecular complexity index is 326. The molecule has 0 aromatic heterocycles. The first kappa shape index (κ1) is 8.61. The lowest BCUT2D eigenvalue weighted by Gasteiger charge is -2.33. The van der Waals surface area contributed by atoms with Crippen molar-refractivity contribution in [1.29, 1.82) is 0 Å². The van der Waals surface area contributed by atoms with E-state index >= 15 is 0 Å². The maximum absolute atomic E-state index is 5.89. The molecule has 0 atom stereocenters. The molecular formula is C12H14O. The third-order valence-electron chi connectivity index (χ3n) is 2.29. The Morgan fingerprint density at radius 3 is 2.92 bits per heavy atom. The van der Waals surface area contributed by atoms with Gasteiger partial charge in [-0.1, -0.05) is 18.2 Å². The fourth-order valence-electron chi connectivity index (χ4n) is 1.55. The van der Waals surface area contributed by atoms with E-state index < -0.39 is 0 Å². The summed E-state index contributed by atoms with van der Waals surface area (Å²) in [5, 5.41) is 0. The zero-order chi connectivity index (χ0) is 9.47. The normalized spacial score (nSPS) is 19.0. The van der Waals surface area contributed by atoms with Crippen molar-refractivity contribution in [2.24, 2.45) is 0 Å². The topological polar surface area (TPSA) is 9.23 Å². The number of hydrogen-bond acceptors (Lipinski definition) is 1. The highest BCUT2D eigenvalue weighted by molar-refractivity contribution is 5.46. The molecule has 1 aliphatic rings. The van der Waals surface area contributed by atoms with Gasteiger partial charge in [0.05, 0.1) is 0 Å². The van der Waals surface area contributed by atoms with Crippen LogP contribution in [0.3, 0.4) is 0 Å². The minimum absolute atomic E-state index is 0.0981. The molecule has 1 heteroatoms. The summed E-state index contributed by atoms with van der Waals surface area (Å²) in [4.78, 5) is 0. The zero-order valence-corrected chi connectivity index (χ0v) is 8.35. The molecule has 2 rings (SSSR count). The van der Waals surface area contributed by atoms with E-state index in [1.165, 1.54) is 5.56 Å². The van der Waals surface area contributed by atoms with Gasteiger partial charge in [-0.25, -0.2) is 0 Å². The van der Waals surface area contributed by atoms with E-state index in [1.54, 1.807) is 0 Å². The third kappa shape index (κ3) is 1.55. The van der Waals surface area contributed by atoms with Crippen molar-refractivity contribution in [2.45, 2.75) is 32.8 Å². The summed E-state index contributed by atoms with van der Waals surface area (Å²) in [5.74, 6) is 0.999. The standard InChI is InChI=1S/C12H14O/c1-9-5-4-6-10-7-8-12(2,3)13-11(9)10/h4-6H,8H2,1-3H3. The second kappa shape index (κ2) is 2.76. The third-order valence-corrected chi connectivity index (χ3v) is 2.29. The maximum Gasteiger partial charge on any atom is 0.126 e. The summed E-state index contributed by atoms with van der Waals surface area (Å²) in [6.45, 7) is 6.26. The van der Waals surface area contributed by atoms with Gasteiger partial charge in [-0.2, -0.15) is 0 Å². The molecule has 2 radical (unpaired) electrons. The second-order valence-corrected chi connectivity index (χ2v) is 4.17. The number of para-hydroxylation sites is 1. The largest absolute Gasteiger partial charge is 0.487 e. The molecule has 1 nitrogen and oxygen atoms in total. The van der Waals surface area contributed by atoms with Gasteiger partial charge in [0, 0.05) is 12.0 Å². The van der Waals surface area contributed by atoms with E-state index in [9.17, 15) is 0 Å². The maximum atomic E-state index is 5.89. The van der Waals surface area contributed by atoms with E-state index in [0.29, 0.717) is 0 Å². The van der Waals surface area contributed by atoms with Crippen molar-refractivity contribution >= 4 is 0 Å². The average molecular weight is 174 g/mol. The van der Waals surface area contributed by atoms with Gasteiger partial charge in [-0.05, 0) is 32.8 Å². The van der Waals surface area contributed by atoms with Gasteiger partial charge < -0.3 is 4.74 Å². The van der Waals surface area contributed by atoms with E-state index in [1.807, 2.05) is 6.07 Å². The van der Waals surface area contributed by atoms with Crippen LogP contribution < -0.4 is 4.74 Å². The van der Waals surface area contributed by atoms with E-state index in [2.05, 4.69) is 39.3 Å². The van der Waals surface area contributed by atoms with E-state index in [-0.39, 0.29) is 5.60 Å². The molecule has 0 amide bonds. The lowest BCUT2D eigenvalue weighted by atomic mass is 9.93. The van der Waals surface area contributed by atoms with Crippen LogP contribution in [-0.2, 0) is 0 Å². The fraction of sp³-hybridized carbons (Fsp3) is 0.417. The summed E-state index contributed by atoms with van der Waals surface area (Å²) in [6, 6.07) is 6.17. The molecule has 1 aromatic rings. The summed E-state index contributed by atoms with van der Waals surface area (Å²) in [6.07, 6.45) is 4.23. The fourth-order valence-corrected chi connectivity index (χ4v) is 1.55.